The Morgan fingerprint density at radius 2 is 1.53 bits per heavy atom. The second-order valence-corrected chi connectivity index (χ2v) is 11.1. The van der Waals surface area contributed by atoms with Gasteiger partial charge in [-0.05, 0) is 72.8 Å². The summed E-state index contributed by atoms with van der Waals surface area (Å²) in [6, 6.07) is 27.9. The highest BCUT2D eigenvalue weighted by Gasteiger charge is 2.34. The van der Waals surface area contributed by atoms with Crippen molar-refractivity contribution in [3.8, 4) is 11.5 Å². The molecule has 5 rings (SSSR count). The van der Waals surface area contributed by atoms with Gasteiger partial charge in [-0.1, -0.05) is 36.4 Å². The molecule has 0 saturated heterocycles. The van der Waals surface area contributed by atoms with Crippen molar-refractivity contribution < 1.29 is 28.7 Å². The smallest absolute Gasteiger partial charge is 0.272 e. The van der Waals surface area contributed by atoms with Crippen molar-refractivity contribution in [2.75, 3.05) is 31.8 Å². The Bertz CT molecular complexity index is 1740. The quantitative estimate of drug-likeness (QED) is 0.0878. The summed E-state index contributed by atoms with van der Waals surface area (Å²) in [5, 5.41) is 5.62. The van der Waals surface area contributed by atoms with E-state index < -0.39 is 11.8 Å². The van der Waals surface area contributed by atoms with Gasteiger partial charge in [0.25, 0.3) is 23.6 Å². The Morgan fingerprint density at radius 1 is 0.822 bits per heavy atom. The highest BCUT2D eigenvalue weighted by atomic mass is 32.2. The molecule has 228 valence electrons. The van der Waals surface area contributed by atoms with Crippen LogP contribution < -0.4 is 20.1 Å². The second kappa shape index (κ2) is 14.4. The topological polar surface area (TPSA) is 114 Å². The minimum atomic E-state index is -0.523. The van der Waals surface area contributed by atoms with Gasteiger partial charge >= 0.3 is 0 Å². The molecule has 0 fully saturated rings. The third-order valence-electron chi connectivity index (χ3n) is 7.03. The highest BCUT2D eigenvalue weighted by Crippen LogP contribution is 2.28. The van der Waals surface area contributed by atoms with Gasteiger partial charge in [-0.2, -0.15) is 0 Å². The summed E-state index contributed by atoms with van der Waals surface area (Å²) < 4.78 is 10.8. The normalized spacial score (nSPS) is 12.5. The van der Waals surface area contributed by atoms with Gasteiger partial charge in [0.15, 0.2) is 0 Å². The first-order chi connectivity index (χ1) is 21.9. The first kappa shape index (κ1) is 31.1. The van der Waals surface area contributed by atoms with Crippen LogP contribution in [0.15, 0.2) is 108 Å². The molecule has 0 bridgehead atoms. The summed E-state index contributed by atoms with van der Waals surface area (Å²) in [6.07, 6.45) is 2.15. The molecule has 1 aliphatic rings. The molecule has 4 aromatic carbocycles. The summed E-state index contributed by atoms with van der Waals surface area (Å²) in [7, 11) is 3.06. The summed E-state index contributed by atoms with van der Waals surface area (Å²) >= 11 is 1.55. The third kappa shape index (κ3) is 7.42. The Hall–Kier alpha value is -5.35. The predicted octanol–water partition coefficient (Wildman–Crippen LogP) is 5.89. The Kier molecular flexibility index (Phi) is 9.96. The maximum atomic E-state index is 13.5. The molecule has 0 aliphatic carbocycles. The molecule has 0 spiro atoms. The summed E-state index contributed by atoms with van der Waals surface area (Å²) in [5.41, 5.74) is 2.41. The number of thioether (sulfide) groups is 1. The van der Waals surface area contributed by atoms with Crippen LogP contribution in [0, 0.1) is 0 Å². The molecule has 0 unspecified atom stereocenters. The van der Waals surface area contributed by atoms with Crippen LogP contribution in [0.1, 0.15) is 43.1 Å². The lowest BCUT2D eigenvalue weighted by Gasteiger charge is -2.14. The molecule has 1 aliphatic heterocycles. The van der Waals surface area contributed by atoms with Crippen molar-refractivity contribution in [1.82, 2.24) is 10.2 Å². The molecule has 10 heteroatoms. The molecular formula is C35H31N3O6S. The van der Waals surface area contributed by atoms with E-state index in [1.54, 1.807) is 104 Å². The zero-order valence-corrected chi connectivity index (χ0v) is 25.6. The lowest BCUT2D eigenvalue weighted by atomic mass is 10.1. The highest BCUT2D eigenvalue weighted by molar-refractivity contribution is 7.99. The van der Waals surface area contributed by atoms with E-state index in [9.17, 15) is 19.2 Å². The van der Waals surface area contributed by atoms with Gasteiger partial charge in [0.2, 0.25) is 0 Å². The van der Waals surface area contributed by atoms with Gasteiger partial charge in [-0.25, -0.2) is 0 Å². The molecule has 4 aromatic rings. The second-order valence-electron chi connectivity index (χ2n) is 9.98. The van der Waals surface area contributed by atoms with Crippen LogP contribution in [0.25, 0.3) is 6.08 Å². The predicted molar refractivity (Wildman–Crippen MR) is 174 cm³/mol. The summed E-state index contributed by atoms with van der Waals surface area (Å²) in [5.74, 6) is 0.216. The van der Waals surface area contributed by atoms with Crippen LogP contribution in [-0.4, -0.2) is 55.0 Å². The number of carbonyl (C=O) groups is 4. The van der Waals surface area contributed by atoms with E-state index in [1.165, 1.54) is 12.0 Å². The van der Waals surface area contributed by atoms with Crippen molar-refractivity contribution in [3.63, 3.8) is 0 Å². The van der Waals surface area contributed by atoms with Crippen LogP contribution in [-0.2, 0) is 4.79 Å². The number of methoxy groups -OCH3 is 2. The number of carbonyl (C=O) groups excluding carboxylic acids is 4. The number of hydrogen-bond donors (Lipinski definition) is 2. The van der Waals surface area contributed by atoms with E-state index in [-0.39, 0.29) is 17.5 Å². The fourth-order valence-electron chi connectivity index (χ4n) is 4.75. The molecule has 0 aromatic heterocycles. The van der Waals surface area contributed by atoms with Crippen LogP contribution in [0.4, 0.5) is 5.69 Å². The van der Waals surface area contributed by atoms with Crippen molar-refractivity contribution >= 4 is 47.2 Å². The maximum Gasteiger partial charge on any atom is 0.272 e. The van der Waals surface area contributed by atoms with E-state index >= 15 is 0 Å². The molecule has 2 N–H and O–H groups in total. The molecule has 1 heterocycles. The number of nitrogens with one attached hydrogen (secondary N) is 2. The molecule has 45 heavy (non-hydrogen) atoms. The molecular weight excluding hydrogens is 590 g/mol. The number of anilines is 1. The number of nitrogens with zero attached hydrogens (tertiary/aromatic N) is 1. The van der Waals surface area contributed by atoms with Gasteiger partial charge in [0.05, 0.1) is 25.3 Å². The third-order valence-corrected chi connectivity index (χ3v) is 8.11. The van der Waals surface area contributed by atoms with Gasteiger partial charge < -0.3 is 20.1 Å². The van der Waals surface area contributed by atoms with Crippen molar-refractivity contribution in [2.24, 2.45) is 0 Å². The average molecular weight is 622 g/mol. The molecule has 0 saturated carbocycles. The Labute approximate surface area is 265 Å². The van der Waals surface area contributed by atoms with E-state index in [0.29, 0.717) is 58.2 Å². The first-order valence-corrected chi connectivity index (χ1v) is 15.2. The molecule has 0 radical (unpaired) electrons. The van der Waals surface area contributed by atoms with Crippen molar-refractivity contribution in [2.45, 2.75) is 11.3 Å². The van der Waals surface area contributed by atoms with Gasteiger partial charge in [-0.15, -0.1) is 11.8 Å². The standard InChI is InChI=1S/C35H31N3O6S/c1-43-26-17-16-24(31(22-26)44-2)20-30(37-32(39)23-10-4-3-5-11-23)33(40)36-25-12-8-13-27(21-25)45-19-9-18-38-34(41)28-14-6-7-15-29(28)35(38)42/h3-8,10-17,20-22H,9,18-19H2,1-2H3,(H,36,40)(H,37,39)/b30-20+. The minimum absolute atomic E-state index is 0.0197. The van der Waals surface area contributed by atoms with Gasteiger partial charge in [0, 0.05) is 34.3 Å². The Morgan fingerprint density at radius 3 is 2.22 bits per heavy atom. The van der Waals surface area contributed by atoms with E-state index in [4.69, 9.17) is 9.47 Å². The fourth-order valence-corrected chi connectivity index (χ4v) is 5.65. The number of amides is 4. The Balaban J connectivity index is 1.26. The number of hydrogen-bond acceptors (Lipinski definition) is 7. The monoisotopic (exact) mass is 621 g/mol. The van der Waals surface area contributed by atoms with Crippen molar-refractivity contribution in [3.05, 3.63) is 125 Å². The zero-order chi connectivity index (χ0) is 31.8. The number of rotatable bonds is 12. The summed E-state index contributed by atoms with van der Waals surface area (Å²) in [4.78, 5) is 54.0. The lowest BCUT2D eigenvalue weighted by Crippen LogP contribution is -2.31. The fraction of sp³-hybridized carbons (Fsp3) is 0.143. The largest absolute Gasteiger partial charge is 0.497 e. The maximum absolute atomic E-state index is 13.5. The number of fused-ring (bicyclic) bond motifs is 1. The van der Waals surface area contributed by atoms with Crippen LogP contribution >= 0.6 is 11.8 Å². The molecule has 0 atom stereocenters. The van der Waals surface area contributed by atoms with Gasteiger partial charge in [-0.3, -0.25) is 24.1 Å². The molecule has 9 nitrogen and oxygen atoms in total. The van der Waals surface area contributed by atoms with Crippen LogP contribution in [0.2, 0.25) is 0 Å². The minimum Gasteiger partial charge on any atom is -0.497 e. The number of ether oxygens (including phenoxy) is 2. The SMILES string of the molecule is COc1ccc(/C=C(/NC(=O)c2ccccc2)C(=O)Nc2cccc(SCCCN3C(=O)c4ccccc4C3=O)c2)c(OC)c1. The summed E-state index contributed by atoms with van der Waals surface area (Å²) in [6.45, 7) is 0.319. The average Bonchev–Trinajstić information content (AvgIpc) is 3.31. The van der Waals surface area contributed by atoms with Crippen molar-refractivity contribution in [1.29, 1.82) is 0 Å². The van der Waals surface area contributed by atoms with Gasteiger partial charge in [0.1, 0.15) is 17.2 Å². The van der Waals surface area contributed by atoms with E-state index in [1.807, 2.05) is 18.2 Å². The van der Waals surface area contributed by atoms with Crippen LogP contribution in [0.3, 0.4) is 0 Å². The first-order valence-electron chi connectivity index (χ1n) is 14.2. The molecule has 4 amide bonds. The lowest BCUT2D eigenvalue weighted by molar-refractivity contribution is -0.113. The zero-order valence-electron chi connectivity index (χ0n) is 24.7. The van der Waals surface area contributed by atoms with Crippen LogP contribution in [0.5, 0.6) is 11.5 Å². The number of imide groups is 1. The van der Waals surface area contributed by atoms with E-state index in [0.717, 1.165) is 4.90 Å². The number of benzene rings is 4. The van der Waals surface area contributed by atoms with E-state index in [2.05, 4.69) is 10.6 Å².